The number of hydrogen-bond acceptors (Lipinski definition) is 4. The van der Waals surface area contributed by atoms with Gasteiger partial charge >= 0.3 is 0 Å². The lowest BCUT2D eigenvalue weighted by molar-refractivity contribution is 0.102. The summed E-state index contributed by atoms with van der Waals surface area (Å²) < 4.78 is 30.9. The van der Waals surface area contributed by atoms with Crippen LogP contribution in [0.3, 0.4) is 0 Å². The fourth-order valence-corrected chi connectivity index (χ4v) is 4.39. The Balaban J connectivity index is 1.78. The number of carbonyl (C=O) groups is 1. The van der Waals surface area contributed by atoms with Crippen molar-refractivity contribution in [3.63, 3.8) is 0 Å². The molecule has 0 radical (unpaired) electrons. The van der Waals surface area contributed by atoms with Crippen LogP contribution in [0.5, 0.6) is 5.75 Å². The maximum Gasteiger partial charge on any atom is 0.255 e. The molecule has 0 spiro atoms. The highest BCUT2D eigenvalue weighted by atomic mass is 32.2. The van der Waals surface area contributed by atoms with Crippen LogP contribution in [0.4, 0.5) is 11.4 Å². The summed E-state index contributed by atoms with van der Waals surface area (Å²) in [6.07, 6.45) is 1.52. The molecule has 2 aromatic rings. The number of nitrogens with one attached hydrogen (secondary N) is 1. The van der Waals surface area contributed by atoms with Crippen LogP contribution in [0.1, 0.15) is 23.2 Å². The van der Waals surface area contributed by atoms with Gasteiger partial charge in [-0.25, -0.2) is 8.42 Å². The molecule has 2 aromatic carbocycles. The third-order valence-corrected chi connectivity index (χ3v) is 5.96. The molecule has 7 heteroatoms. The van der Waals surface area contributed by atoms with Crippen molar-refractivity contribution in [2.45, 2.75) is 12.8 Å². The van der Waals surface area contributed by atoms with Crippen molar-refractivity contribution in [1.82, 2.24) is 0 Å². The van der Waals surface area contributed by atoms with Gasteiger partial charge in [0.1, 0.15) is 5.75 Å². The summed E-state index contributed by atoms with van der Waals surface area (Å²) in [5.74, 6) is 0.574. The molecule has 1 saturated heterocycles. The molecule has 1 heterocycles. The molecule has 0 aromatic heterocycles. The van der Waals surface area contributed by atoms with Crippen molar-refractivity contribution >= 4 is 27.3 Å². The first-order valence-corrected chi connectivity index (χ1v) is 9.66. The van der Waals surface area contributed by atoms with E-state index < -0.39 is 10.0 Å². The molecule has 1 amide bonds. The third-order valence-electron chi connectivity index (χ3n) is 4.09. The maximum absolute atomic E-state index is 12.3. The van der Waals surface area contributed by atoms with Crippen LogP contribution in [0, 0.1) is 0 Å². The van der Waals surface area contributed by atoms with E-state index in [0.717, 1.165) is 6.42 Å². The van der Waals surface area contributed by atoms with Gasteiger partial charge in [0.15, 0.2) is 0 Å². The Morgan fingerprint density at radius 2 is 1.88 bits per heavy atom. The van der Waals surface area contributed by atoms with E-state index in [1.54, 1.807) is 55.6 Å². The molecule has 1 fully saturated rings. The lowest BCUT2D eigenvalue weighted by Crippen LogP contribution is -2.37. The lowest BCUT2D eigenvalue weighted by Gasteiger charge is -2.28. The molecule has 0 saturated carbocycles. The minimum Gasteiger partial charge on any atom is -0.497 e. The largest absolute Gasteiger partial charge is 0.497 e. The molecule has 1 N–H and O–H groups in total. The number of nitrogens with zero attached hydrogens (tertiary/aromatic N) is 1. The smallest absolute Gasteiger partial charge is 0.255 e. The van der Waals surface area contributed by atoms with E-state index in [2.05, 4.69) is 5.32 Å². The molecular weight excluding hydrogens is 340 g/mol. The fraction of sp³-hybridized carbons (Fsp3) is 0.278. The van der Waals surface area contributed by atoms with Crippen LogP contribution in [0.2, 0.25) is 0 Å². The molecule has 0 atom stereocenters. The van der Waals surface area contributed by atoms with Gasteiger partial charge in [-0.1, -0.05) is 6.07 Å². The summed E-state index contributed by atoms with van der Waals surface area (Å²) in [6.45, 7) is 0.470. The van der Waals surface area contributed by atoms with Gasteiger partial charge in [-0.3, -0.25) is 9.10 Å². The number of hydrogen-bond donors (Lipinski definition) is 1. The predicted molar refractivity (Wildman–Crippen MR) is 97.8 cm³/mol. The number of benzene rings is 2. The number of methoxy groups -OCH3 is 1. The van der Waals surface area contributed by atoms with Crippen molar-refractivity contribution in [3.8, 4) is 5.75 Å². The zero-order valence-corrected chi connectivity index (χ0v) is 14.8. The summed E-state index contributed by atoms with van der Waals surface area (Å²) in [6, 6.07) is 13.7. The van der Waals surface area contributed by atoms with Gasteiger partial charge in [0.05, 0.1) is 18.6 Å². The second kappa shape index (κ2) is 7.14. The van der Waals surface area contributed by atoms with Crippen LogP contribution in [0.15, 0.2) is 48.5 Å². The predicted octanol–water partition coefficient (Wildman–Crippen LogP) is 2.88. The number of ether oxygens (including phenoxy) is 1. The first-order chi connectivity index (χ1) is 12.0. The Morgan fingerprint density at radius 1 is 1.12 bits per heavy atom. The van der Waals surface area contributed by atoms with E-state index >= 15 is 0 Å². The molecule has 25 heavy (non-hydrogen) atoms. The average molecular weight is 360 g/mol. The van der Waals surface area contributed by atoms with Crippen LogP contribution in [-0.4, -0.2) is 33.7 Å². The Labute approximate surface area is 147 Å². The minimum atomic E-state index is -3.27. The standard InChI is InChI=1S/C18H20N2O4S/c1-24-17-9-7-14(8-10-17)18(21)19-15-5-4-6-16(13-15)20-11-2-3-12-25(20,22)23/h4-10,13H,2-3,11-12H2,1H3,(H,19,21). The Hall–Kier alpha value is -2.54. The van der Waals surface area contributed by atoms with E-state index in [4.69, 9.17) is 4.74 Å². The summed E-state index contributed by atoms with van der Waals surface area (Å²) in [5, 5.41) is 2.80. The fourth-order valence-electron chi connectivity index (χ4n) is 2.76. The number of anilines is 2. The van der Waals surface area contributed by atoms with Gasteiger partial charge in [0.25, 0.3) is 5.91 Å². The van der Waals surface area contributed by atoms with Gasteiger partial charge < -0.3 is 10.1 Å². The van der Waals surface area contributed by atoms with Crippen LogP contribution >= 0.6 is 0 Å². The third kappa shape index (κ3) is 3.93. The second-order valence-electron chi connectivity index (χ2n) is 5.83. The van der Waals surface area contributed by atoms with Gasteiger partial charge in [-0.15, -0.1) is 0 Å². The summed E-state index contributed by atoms with van der Waals surface area (Å²) >= 11 is 0. The van der Waals surface area contributed by atoms with Crippen molar-refractivity contribution in [2.24, 2.45) is 0 Å². The van der Waals surface area contributed by atoms with E-state index in [1.165, 1.54) is 4.31 Å². The number of carbonyl (C=O) groups excluding carboxylic acids is 1. The minimum absolute atomic E-state index is 0.162. The molecule has 1 aliphatic heterocycles. The first-order valence-electron chi connectivity index (χ1n) is 8.05. The molecule has 0 unspecified atom stereocenters. The molecular formula is C18H20N2O4S. The Kier molecular flexibility index (Phi) is 4.94. The zero-order valence-electron chi connectivity index (χ0n) is 13.9. The van der Waals surface area contributed by atoms with Crippen LogP contribution in [-0.2, 0) is 10.0 Å². The molecule has 3 rings (SSSR count). The molecule has 0 bridgehead atoms. The summed E-state index contributed by atoms with van der Waals surface area (Å²) in [5.41, 5.74) is 1.63. The van der Waals surface area contributed by atoms with Gasteiger partial charge in [0.2, 0.25) is 10.0 Å². The second-order valence-corrected chi connectivity index (χ2v) is 7.84. The monoisotopic (exact) mass is 360 g/mol. The molecule has 0 aliphatic carbocycles. The van der Waals surface area contributed by atoms with Crippen molar-refractivity contribution in [1.29, 1.82) is 0 Å². The first kappa shape index (κ1) is 17.3. The van der Waals surface area contributed by atoms with Crippen molar-refractivity contribution in [3.05, 3.63) is 54.1 Å². The van der Waals surface area contributed by atoms with E-state index in [1.807, 2.05) is 0 Å². The maximum atomic E-state index is 12.3. The van der Waals surface area contributed by atoms with Gasteiger partial charge in [-0.05, 0) is 55.3 Å². The number of rotatable bonds is 4. The Morgan fingerprint density at radius 3 is 2.56 bits per heavy atom. The normalized spacial score (nSPS) is 16.3. The Bertz CT molecular complexity index is 863. The number of sulfonamides is 1. The van der Waals surface area contributed by atoms with Gasteiger partial charge in [-0.2, -0.15) is 0 Å². The highest BCUT2D eigenvalue weighted by molar-refractivity contribution is 7.92. The van der Waals surface area contributed by atoms with Crippen LogP contribution < -0.4 is 14.4 Å². The SMILES string of the molecule is COc1ccc(C(=O)Nc2cccc(N3CCCCS3(=O)=O)c2)cc1. The highest BCUT2D eigenvalue weighted by Gasteiger charge is 2.26. The van der Waals surface area contributed by atoms with E-state index in [-0.39, 0.29) is 11.7 Å². The number of amides is 1. The zero-order chi connectivity index (χ0) is 17.9. The van der Waals surface area contributed by atoms with E-state index in [9.17, 15) is 13.2 Å². The average Bonchev–Trinajstić information content (AvgIpc) is 2.61. The topological polar surface area (TPSA) is 75.7 Å². The van der Waals surface area contributed by atoms with Crippen molar-refractivity contribution < 1.29 is 17.9 Å². The molecule has 6 nitrogen and oxygen atoms in total. The highest BCUT2D eigenvalue weighted by Crippen LogP contribution is 2.26. The molecule has 132 valence electrons. The lowest BCUT2D eigenvalue weighted by atomic mass is 10.2. The van der Waals surface area contributed by atoms with Crippen LogP contribution in [0.25, 0.3) is 0 Å². The van der Waals surface area contributed by atoms with Crippen molar-refractivity contribution in [2.75, 3.05) is 29.0 Å². The van der Waals surface area contributed by atoms with Gasteiger partial charge in [0, 0.05) is 17.8 Å². The quantitative estimate of drug-likeness (QED) is 0.910. The molecule has 1 aliphatic rings. The summed E-state index contributed by atoms with van der Waals surface area (Å²) in [7, 11) is -1.71. The summed E-state index contributed by atoms with van der Waals surface area (Å²) in [4.78, 5) is 12.3. The van der Waals surface area contributed by atoms with E-state index in [0.29, 0.717) is 35.7 Å².